The SMILES string of the molecule is N=C(N)c1cccc(/C=C/CN(C(=O)CO)c2ccc(OC3CCNCC3)cc2)c1. The maximum atomic E-state index is 12.3. The van der Waals surface area contributed by atoms with Gasteiger partial charge in [-0.05, 0) is 61.8 Å². The molecule has 0 bridgehead atoms. The topological polar surface area (TPSA) is 112 Å². The number of aliphatic hydroxyl groups excluding tert-OH is 1. The average molecular weight is 409 g/mol. The van der Waals surface area contributed by atoms with Gasteiger partial charge < -0.3 is 25.8 Å². The van der Waals surface area contributed by atoms with Crippen molar-refractivity contribution < 1.29 is 14.6 Å². The van der Waals surface area contributed by atoms with Crippen LogP contribution in [0.4, 0.5) is 5.69 Å². The van der Waals surface area contributed by atoms with Gasteiger partial charge in [0.05, 0.1) is 0 Å². The highest BCUT2D eigenvalue weighted by Crippen LogP contribution is 2.22. The minimum atomic E-state index is -0.568. The quantitative estimate of drug-likeness (QED) is 0.395. The molecule has 2 aromatic rings. The molecular formula is C23H28N4O3. The summed E-state index contributed by atoms with van der Waals surface area (Å²) >= 11 is 0. The van der Waals surface area contributed by atoms with Gasteiger partial charge in [-0.3, -0.25) is 10.2 Å². The summed E-state index contributed by atoms with van der Waals surface area (Å²) in [7, 11) is 0. The number of aliphatic hydroxyl groups is 1. The molecule has 1 aliphatic rings. The Morgan fingerprint density at radius 1 is 1.23 bits per heavy atom. The highest BCUT2D eigenvalue weighted by Gasteiger charge is 2.16. The van der Waals surface area contributed by atoms with Crippen LogP contribution in [0, 0.1) is 5.41 Å². The standard InChI is InChI=1S/C23H28N4O3/c24-23(25)18-5-1-3-17(15-18)4-2-14-27(22(29)16-28)19-6-8-20(9-7-19)30-21-10-12-26-13-11-21/h1-9,15,21,26,28H,10-14,16H2,(H3,24,25)/b4-2+. The van der Waals surface area contributed by atoms with Gasteiger partial charge in [0.2, 0.25) is 0 Å². The van der Waals surface area contributed by atoms with E-state index in [0.717, 1.165) is 37.2 Å². The van der Waals surface area contributed by atoms with E-state index in [-0.39, 0.29) is 17.8 Å². The third-order valence-corrected chi connectivity index (χ3v) is 4.97. The monoisotopic (exact) mass is 408 g/mol. The van der Waals surface area contributed by atoms with Gasteiger partial charge >= 0.3 is 0 Å². The second-order valence-corrected chi connectivity index (χ2v) is 7.17. The fourth-order valence-corrected chi connectivity index (χ4v) is 3.35. The summed E-state index contributed by atoms with van der Waals surface area (Å²) in [6, 6.07) is 14.7. The fraction of sp³-hybridized carbons (Fsp3) is 0.304. The lowest BCUT2D eigenvalue weighted by molar-refractivity contribution is -0.121. The molecule has 1 fully saturated rings. The first-order valence-corrected chi connectivity index (χ1v) is 10.1. The highest BCUT2D eigenvalue weighted by atomic mass is 16.5. The van der Waals surface area contributed by atoms with Crippen molar-refractivity contribution >= 4 is 23.5 Å². The van der Waals surface area contributed by atoms with Crippen LogP contribution in [0.25, 0.3) is 6.08 Å². The summed E-state index contributed by atoms with van der Waals surface area (Å²) in [5.74, 6) is 0.400. The Kier molecular flexibility index (Phi) is 7.59. The number of amides is 1. The first-order chi connectivity index (χ1) is 14.6. The average Bonchev–Trinajstić information content (AvgIpc) is 2.78. The van der Waals surface area contributed by atoms with Crippen LogP contribution < -0.4 is 20.7 Å². The number of amidine groups is 1. The third-order valence-electron chi connectivity index (χ3n) is 4.97. The Hall–Kier alpha value is -3.16. The van der Waals surface area contributed by atoms with Crippen LogP contribution in [-0.4, -0.2) is 49.2 Å². The van der Waals surface area contributed by atoms with Crippen LogP contribution in [0.15, 0.2) is 54.6 Å². The summed E-state index contributed by atoms with van der Waals surface area (Å²) in [4.78, 5) is 13.8. The van der Waals surface area contributed by atoms with E-state index in [2.05, 4.69) is 5.32 Å². The van der Waals surface area contributed by atoms with Gasteiger partial charge in [-0.25, -0.2) is 0 Å². The summed E-state index contributed by atoms with van der Waals surface area (Å²) in [5.41, 5.74) is 7.74. The molecule has 1 saturated heterocycles. The lowest BCUT2D eigenvalue weighted by atomic mass is 10.1. The fourth-order valence-electron chi connectivity index (χ4n) is 3.35. The molecule has 2 aromatic carbocycles. The minimum absolute atomic E-state index is 0.00846. The van der Waals surface area contributed by atoms with Crippen LogP contribution >= 0.6 is 0 Å². The molecule has 0 unspecified atom stereocenters. The number of piperidine rings is 1. The second-order valence-electron chi connectivity index (χ2n) is 7.17. The summed E-state index contributed by atoms with van der Waals surface area (Å²) in [6.45, 7) is 1.66. The molecule has 1 aliphatic heterocycles. The minimum Gasteiger partial charge on any atom is -0.490 e. The molecule has 30 heavy (non-hydrogen) atoms. The zero-order valence-electron chi connectivity index (χ0n) is 16.9. The normalized spacial score (nSPS) is 14.6. The number of hydrogen-bond acceptors (Lipinski definition) is 5. The van der Waals surface area contributed by atoms with Crippen molar-refractivity contribution in [2.75, 3.05) is 31.1 Å². The second kappa shape index (κ2) is 10.6. The smallest absolute Gasteiger partial charge is 0.252 e. The number of hydrogen-bond donors (Lipinski definition) is 4. The van der Waals surface area contributed by atoms with Crippen molar-refractivity contribution in [3.8, 4) is 5.75 Å². The number of ether oxygens (including phenoxy) is 1. The molecule has 0 aliphatic carbocycles. The molecule has 0 radical (unpaired) electrons. The van der Waals surface area contributed by atoms with Crippen LogP contribution in [0.1, 0.15) is 24.0 Å². The molecule has 158 valence electrons. The van der Waals surface area contributed by atoms with E-state index in [1.807, 2.05) is 54.6 Å². The van der Waals surface area contributed by atoms with Gasteiger partial charge in [-0.1, -0.05) is 30.4 Å². The Labute approximate surface area is 176 Å². The molecule has 5 N–H and O–H groups in total. The van der Waals surface area contributed by atoms with Crippen LogP contribution in [0.2, 0.25) is 0 Å². The van der Waals surface area contributed by atoms with Crippen molar-refractivity contribution in [1.82, 2.24) is 5.32 Å². The lowest BCUT2D eigenvalue weighted by Gasteiger charge is -2.24. The van der Waals surface area contributed by atoms with E-state index in [1.54, 1.807) is 6.07 Å². The number of nitrogen functional groups attached to an aromatic ring is 1. The van der Waals surface area contributed by atoms with Crippen molar-refractivity contribution in [3.05, 3.63) is 65.7 Å². The number of carbonyl (C=O) groups is 1. The number of rotatable bonds is 8. The molecule has 1 amide bonds. The third kappa shape index (κ3) is 5.92. The number of nitrogens with two attached hydrogens (primary N) is 1. The summed E-state index contributed by atoms with van der Waals surface area (Å²) in [5, 5.41) is 20.2. The van der Waals surface area contributed by atoms with Crippen LogP contribution in [0.3, 0.4) is 0 Å². The van der Waals surface area contributed by atoms with Crippen molar-refractivity contribution in [3.63, 3.8) is 0 Å². The highest BCUT2D eigenvalue weighted by molar-refractivity contribution is 5.96. The van der Waals surface area contributed by atoms with Gasteiger partial charge in [-0.2, -0.15) is 0 Å². The van der Waals surface area contributed by atoms with Gasteiger partial charge in [0, 0.05) is 17.8 Å². The number of benzene rings is 2. The molecule has 0 atom stereocenters. The Morgan fingerprint density at radius 3 is 2.63 bits per heavy atom. The number of carbonyl (C=O) groups excluding carboxylic acids is 1. The molecule has 0 saturated carbocycles. The largest absolute Gasteiger partial charge is 0.490 e. The first-order valence-electron chi connectivity index (χ1n) is 10.1. The van der Waals surface area contributed by atoms with E-state index >= 15 is 0 Å². The summed E-state index contributed by atoms with van der Waals surface area (Å²) in [6.07, 6.45) is 5.87. The Morgan fingerprint density at radius 2 is 1.97 bits per heavy atom. The van der Waals surface area contributed by atoms with Gasteiger partial charge in [-0.15, -0.1) is 0 Å². The van der Waals surface area contributed by atoms with E-state index in [4.69, 9.17) is 15.9 Å². The predicted molar refractivity (Wildman–Crippen MR) is 119 cm³/mol. The van der Waals surface area contributed by atoms with Gasteiger partial charge in [0.25, 0.3) is 5.91 Å². The van der Waals surface area contributed by atoms with E-state index < -0.39 is 6.61 Å². The van der Waals surface area contributed by atoms with E-state index in [0.29, 0.717) is 17.8 Å². The zero-order chi connectivity index (χ0) is 21.3. The molecule has 0 spiro atoms. The number of nitrogens with zero attached hydrogens (tertiary/aromatic N) is 1. The molecular weight excluding hydrogens is 380 g/mol. The Balaban J connectivity index is 1.67. The first kappa shape index (κ1) is 21.5. The van der Waals surface area contributed by atoms with Gasteiger partial charge in [0.15, 0.2) is 0 Å². The molecule has 1 heterocycles. The maximum absolute atomic E-state index is 12.3. The number of nitrogens with one attached hydrogen (secondary N) is 2. The van der Waals surface area contributed by atoms with Crippen molar-refractivity contribution in [2.45, 2.75) is 18.9 Å². The molecule has 3 rings (SSSR count). The van der Waals surface area contributed by atoms with Crippen LogP contribution in [-0.2, 0) is 4.79 Å². The molecule has 0 aromatic heterocycles. The maximum Gasteiger partial charge on any atom is 0.252 e. The molecule has 7 nitrogen and oxygen atoms in total. The van der Waals surface area contributed by atoms with E-state index in [1.165, 1.54) is 4.90 Å². The zero-order valence-corrected chi connectivity index (χ0v) is 16.9. The predicted octanol–water partition coefficient (Wildman–Crippen LogP) is 2.14. The van der Waals surface area contributed by atoms with Crippen molar-refractivity contribution in [1.29, 1.82) is 5.41 Å². The van der Waals surface area contributed by atoms with Crippen molar-refractivity contribution in [2.24, 2.45) is 5.73 Å². The molecule has 7 heteroatoms. The van der Waals surface area contributed by atoms with Gasteiger partial charge in [0.1, 0.15) is 24.3 Å². The lowest BCUT2D eigenvalue weighted by Crippen LogP contribution is -2.34. The van der Waals surface area contributed by atoms with E-state index in [9.17, 15) is 9.90 Å². The number of anilines is 1. The van der Waals surface area contributed by atoms with Crippen LogP contribution in [0.5, 0.6) is 5.75 Å². The Bertz CT molecular complexity index is 890. The summed E-state index contributed by atoms with van der Waals surface area (Å²) < 4.78 is 6.01.